The van der Waals surface area contributed by atoms with E-state index < -0.39 is 0 Å². The second kappa shape index (κ2) is 6.65. The third-order valence-electron chi connectivity index (χ3n) is 4.20. The molecule has 0 saturated heterocycles. The maximum atomic E-state index is 13.0. The Morgan fingerprint density at radius 2 is 2.21 bits per heavy atom. The molecule has 0 radical (unpaired) electrons. The summed E-state index contributed by atoms with van der Waals surface area (Å²) in [6.45, 7) is 2.20. The smallest absolute Gasteiger partial charge is 0.140 e. The van der Waals surface area contributed by atoms with Crippen LogP contribution < -0.4 is 0 Å². The Kier molecular flexibility index (Phi) is 5.14. The Morgan fingerprint density at radius 1 is 1.42 bits per heavy atom. The molecule has 104 valence electrons. The van der Waals surface area contributed by atoms with Gasteiger partial charge in [-0.2, -0.15) is 0 Å². The van der Waals surface area contributed by atoms with Crippen molar-refractivity contribution in [3.8, 4) is 0 Å². The summed E-state index contributed by atoms with van der Waals surface area (Å²) in [6.07, 6.45) is 6.08. The zero-order valence-corrected chi connectivity index (χ0v) is 12.9. The van der Waals surface area contributed by atoms with Crippen LogP contribution in [0.2, 0.25) is 0 Å². The molecule has 2 unspecified atom stereocenters. The van der Waals surface area contributed by atoms with Crippen LogP contribution in [0.5, 0.6) is 0 Å². The lowest BCUT2D eigenvalue weighted by atomic mass is 9.77. The van der Waals surface area contributed by atoms with Gasteiger partial charge in [-0.25, -0.2) is 4.39 Å². The summed E-state index contributed by atoms with van der Waals surface area (Å²) < 4.78 is 13.7. The highest BCUT2D eigenvalue weighted by Gasteiger charge is 2.26. The van der Waals surface area contributed by atoms with E-state index in [0.29, 0.717) is 22.6 Å². The topological polar surface area (TPSA) is 17.1 Å². The van der Waals surface area contributed by atoms with E-state index in [4.69, 9.17) is 0 Å². The zero-order valence-electron chi connectivity index (χ0n) is 11.3. The molecule has 3 heteroatoms. The number of rotatable bonds is 4. The molecule has 1 aliphatic carbocycles. The quantitative estimate of drug-likeness (QED) is 0.767. The number of hydrogen-bond acceptors (Lipinski definition) is 1. The van der Waals surface area contributed by atoms with Gasteiger partial charge >= 0.3 is 0 Å². The van der Waals surface area contributed by atoms with Gasteiger partial charge in [0.2, 0.25) is 0 Å². The number of carbonyl (C=O) groups is 1. The maximum Gasteiger partial charge on any atom is 0.140 e. The van der Waals surface area contributed by atoms with Crippen LogP contribution in [0.15, 0.2) is 22.7 Å². The standard InChI is InChI=1S/C16H20BrFO/c1-2-11-4-3-5-13(8-11)16(19)9-12-6-7-14(18)10-15(12)17/h6-7,10-11,13H,2-5,8-9H2,1H3. The van der Waals surface area contributed by atoms with Gasteiger partial charge in [0, 0.05) is 16.8 Å². The first-order valence-electron chi connectivity index (χ1n) is 7.06. The number of benzene rings is 1. The fourth-order valence-corrected chi connectivity index (χ4v) is 3.44. The van der Waals surface area contributed by atoms with Crippen LogP contribution in [0.3, 0.4) is 0 Å². The van der Waals surface area contributed by atoms with Crippen molar-refractivity contribution in [1.29, 1.82) is 0 Å². The van der Waals surface area contributed by atoms with Gasteiger partial charge in [0.25, 0.3) is 0 Å². The molecule has 0 aliphatic heterocycles. The first kappa shape index (κ1) is 14.7. The van der Waals surface area contributed by atoms with E-state index in [1.807, 2.05) is 0 Å². The minimum absolute atomic E-state index is 0.204. The molecule has 0 bridgehead atoms. The summed E-state index contributed by atoms with van der Waals surface area (Å²) in [5.41, 5.74) is 0.894. The highest BCUT2D eigenvalue weighted by atomic mass is 79.9. The summed E-state index contributed by atoms with van der Waals surface area (Å²) in [5, 5.41) is 0. The van der Waals surface area contributed by atoms with Crippen LogP contribution in [0.1, 0.15) is 44.6 Å². The molecular weight excluding hydrogens is 307 g/mol. The number of halogens is 2. The minimum atomic E-state index is -0.271. The number of carbonyl (C=O) groups excluding carboxylic acids is 1. The van der Waals surface area contributed by atoms with Gasteiger partial charge in [-0.15, -0.1) is 0 Å². The van der Waals surface area contributed by atoms with Gasteiger partial charge in [0.1, 0.15) is 11.6 Å². The SMILES string of the molecule is CCC1CCCC(C(=O)Cc2ccc(F)cc2Br)C1. The fraction of sp³-hybridized carbons (Fsp3) is 0.562. The average Bonchev–Trinajstić information content (AvgIpc) is 2.42. The number of ketones is 1. The van der Waals surface area contributed by atoms with Gasteiger partial charge in [-0.3, -0.25) is 4.79 Å². The average molecular weight is 327 g/mol. The lowest BCUT2D eigenvalue weighted by Crippen LogP contribution is -2.24. The Hall–Kier alpha value is -0.700. The largest absolute Gasteiger partial charge is 0.299 e. The first-order chi connectivity index (χ1) is 9.10. The summed E-state index contributed by atoms with van der Waals surface area (Å²) in [4.78, 5) is 12.4. The fourth-order valence-electron chi connectivity index (χ4n) is 2.95. The van der Waals surface area contributed by atoms with Crippen LogP contribution in [0, 0.1) is 17.7 Å². The molecule has 2 atom stereocenters. The van der Waals surface area contributed by atoms with E-state index in [2.05, 4.69) is 22.9 Å². The van der Waals surface area contributed by atoms with Crippen molar-refractivity contribution in [3.05, 3.63) is 34.1 Å². The van der Waals surface area contributed by atoms with Gasteiger partial charge < -0.3 is 0 Å². The number of Topliss-reactive ketones (excluding diaryl/α,β-unsaturated/α-hetero) is 1. The summed E-state index contributed by atoms with van der Waals surface area (Å²) in [5.74, 6) is 0.951. The lowest BCUT2D eigenvalue weighted by Gasteiger charge is -2.27. The third kappa shape index (κ3) is 3.88. The van der Waals surface area contributed by atoms with Gasteiger partial charge in [-0.05, 0) is 36.5 Å². The molecule has 1 aromatic rings. The molecule has 2 rings (SSSR count). The Balaban J connectivity index is 2.00. The van der Waals surface area contributed by atoms with E-state index in [1.165, 1.54) is 31.4 Å². The molecule has 1 aromatic carbocycles. The van der Waals surface area contributed by atoms with E-state index in [-0.39, 0.29) is 11.7 Å². The van der Waals surface area contributed by atoms with Crippen molar-refractivity contribution in [3.63, 3.8) is 0 Å². The number of hydrogen-bond donors (Lipinski definition) is 0. The van der Waals surface area contributed by atoms with Crippen molar-refractivity contribution in [2.45, 2.75) is 45.4 Å². The van der Waals surface area contributed by atoms with E-state index in [1.54, 1.807) is 6.07 Å². The Morgan fingerprint density at radius 3 is 2.89 bits per heavy atom. The third-order valence-corrected chi connectivity index (χ3v) is 4.93. The van der Waals surface area contributed by atoms with Crippen LogP contribution in [0.25, 0.3) is 0 Å². The van der Waals surface area contributed by atoms with Crippen LogP contribution >= 0.6 is 15.9 Å². The maximum absolute atomic E-state index is 13.0. The second-order valence-electron chi connectivity index (χ2n) is 5.52. The second-order valence-corrected chi connectivity index (χ2v) is 6.37. The molecular formula is C16H20BrFO. The van der Waals surface area contributed by atoms with Crippen molar-refractivity contribution in [2.24, 2.45) is 11.8 Å². The van der Waals surface area contributed by atoms with Crippen molar-refractivity contribution in [2.75, 3.05) is 0 Å². The van der Waals surface area contributed by atoms with Gasteiger partial charge in [0.05, 0.1) is 0 Å². The Labute approximate surface area is 122 Å². The van der Waals surface area contributed by atoms with Crippen molar-refractivity contribution >= 4 is 21.7 Å². The molecule has 1 nitrogen and oxygen atoms in total. The molecule has 1 saturated carbocycles. The normalized spacial score (nSPS) is 23.3. The van der Waals surface area contributed by atoms with E-state index >= 15 is 0 Å². The summed E-state index contributed by atoms with van der Waals surface area (Å²) in [7, 11) is 0. The molecule has 0 amide bonds. The molecule has 0 N–H and O–H groups in total. The predicted molar refractivity (Wildman–Crippen MR) is 78.6 cm³/mol. The van der Waals surface area contributed by atoms with E-state index in [0.717, 1.165) is 18.4 Å². The van der Waals surface area contributed by atoms with Crippen molar-refractivity contribution in [1.82, 2.24) is 0 Å². The highest BCUT2D eigenvalue weighted by molar-refractivity contribution is 9.10. The Bertz CT molecular complexity index is 458. The summed E-state index contributed by atoms with van der Waals surface area (Å²) in [6, 6.07) is 4.55. The molecule has 0 aromatic heterocycles. The van der Waals surface area contributed by atoms with Crippen LogP contribution in [-0.4, -0.2) is 5.78 Å². The highest BCUT2D eigenvalue weighted by Crippen LogP contribution is 2.32. The summed E-state index contributed by atoms with van der Waals surface area (Å²) >= 11 is 3.33. The van der Waals surface area contributed by atoms with Gasteiger partial charge in [-0.1, -0.05) is 48.2 Å². The molecule has 1 aliphatic rings. The van der Waals surface area contributed by atoms with Crippen LogP contribution in [0.4, 0.5) is 4.39 Å². The van der Waals surface area contributed by atoms with Crippen LogP contribution in [-0.2, 0) is 11.2 Å². The molecule has 0 spiro atoms. The monoisotopic (exact) mass is 326 g/mol. The van der Waals surface area contributed by atoms with Crippen molar-refractivity contribution < 1.29 is 9.18 Å². The lowest BCUT2D eigenvalue weighted by molar-refractivity contribution is -0.123. The van der Waals surface area contributed by atoms with Gasteiger partial charge in [0.15, 0.2) is 0 Å². The van der Waals surface area contributed by atoms with E-state index in [9.17, 15) is 9.18 Å². The molecule has 19 heavy (non-hydrogen) atoms. The zero-order chi connectivity index (χ0) is 13.8. The minimum Gasteiger partial charge on any atom is -0.299 e. The molecule has 1 fully saturated rings. The molecule has 0 heterocycles. The first-order valence-corrected chi connectivity index (χ1v) is 7.86. The predicted octanol–water partition coefficient (Wildman–Crippen LogP) is 4.92.